The molecule has 100 valence electrons. The van der Waals surface area contributed by atoms with Crippen molar-refractivity contribution >= 4 is 11.6 Å². The summed E-state index contributed by atoms with van der Waals surface area (Å²) in [7, 11) is 0. The summed E-state index contributed by atoms with van der Waals surface area (Å²) in [6.45, 7) is 3.95. The SMILES string of the molecule is Cc1cccc(CCn2c(=O)[nH]c(Cl)c(C)c2=O)c1. The molecule has 0 saturated carbocycles. The standard InChI is InChI=1S/C14H15ClN2O2/c1-9-4-3-5-11(8-9)6-7-17-13(18)10(2)12(15)16-14(17)19/h3-5,8H,6-7H2,1-2H3,(H,16,19). The summed E-state index contributed by atoms with van der Waals surface area (Å²) in [6.07, 6.45) is 0.631. The molecule has 2 rings (SSSR count). The van der Waals surface area contributed by atoms with Crippen LogP contribution in [-0.2, 0) is 13.0 Å². The third-order valence-corrected chi connectivity index (χ3v) is 3.44. The molecule has 0 spiro atoms. The Morgan fingerprint density at radius 1 is 1.26 bits per heavy atom. The monoisotopic (exact) mass is 278 g/mol. The molecule has 0 unspecified atom stereocenters. The largest absolute Gasteiger partial charge is 0.329 e. The second-order valence-electron chi connectivity index (χ2n) is 4.56. The van der Waals surface area contributed by atoms with Crippen molar-refractivity contribution in [2.45, 2.75) is 26.8 Å². The minimum absolute atomic E-state index is 0.113. The Kier molecular flexibility index (Phi) is 3.90. The molecule has 0 fully saturated rings. The van der Waals surface area contributed by atoms with Crippen LogP contribution in [0.4, 0.5) is 0 Å². The van der Waals surface area contributed by atoms with Gasteiger partial charge in [-0.25, -0.2) is 4.79 Å². The van der Waals surface area contributed by atoms with Crippen LogP contribution in [0, 0.1) is 13.8 Å². The number of rotatable bonds is 3. The van der Waals surface area contributed by atoms with E-state index in [4.69, 9.17) is 11.6 Å². The Hall–Kier alpha value is -1.81. The quantitative estimate of drug-likeness (QED) is 0.874. The number of nitrogens with one attached hydrogen (secondary N) is 1. The maximum Gasteiger partial charge on any atom is 0.329 e. The first-order valence-corrected chi connectivity index (χ1v) is 6.41. The lowest BCUT2D eigenvalue weighted by atomic mass is 10.1. The summed E-state index contributed by atoms with van der Waals surface area (Å²) in [4.78, 5) is 26.1. The van der Waals surface area contributed by atoms with Crippen LogP contribution in [0.25, 0.3) is 0 Å². The van der Waals surface area contributed by atoms with Crippen LogP contribution in [0.5, 0.6) is 0 Å². The van der Waals surface area contributed by atoms with Crippen LogP contribution in [0.1, 0.15) is 16.7 Å². The van der Waals surface area contributed by atoms with E-state index in [1.165, 1.54) is 4.57 Å². The molecule has 4 nitrogen and oxygen atoms in total. The first-order chi connectivity index (χ1) is 8.99. The Labute approximate surface area is 115 Å². The molecule has 0 aliphatic carbocycles. The molecule has 0 saturated heterocycles. The number of hydrogen-bond donors (Lipinski definition) is 1. The number of benzene rings is 1. The normalized spacial score (nSPS) is 10.7. The van der Waals surface area contributed by atoms with Crippen molar-refractivity contribution in [2.24, 2.45) is 0 Å². The summed E-state index contributed by atoms with van der Waals surface area (Å²) in [6, 6.07) is 8.00. The first-order valence-electron chi connectivity index (χ1n) is 6.04. The molecule has 1 aromatic heterocycles. The van der Waals surface area contributed by atoms with Crippen LogP contribution in [0.15, 0.2) is 33.9 Å². The van der Waals surface area contributed by atoms with E-state index in [2.05, 4.69) is 4.98 Å². The van der Waals surface area contributed by atoms with E-state index in [0.717, 1.165) is 11.1 Å². The smallest absolute Gasteiger partial charge is 0.297 e. The zero-order valence-corrected chi connectivity index (χ0v) is 11.6. The predicted molar refractivity (Wildman–Crippen MR) is 76.0 cm³/mol. The van der Waals surface area contributed by atoms with Gasteiger partial charge >= 0.3 is 5.69 Å². The van der Waals surface area contributed by atoms with Crippen LogP contribution in [0.3, 0.4) is 0 Å². The van der Waals surface area contributed by atoms with Gasteiger partial charge in [-0.05, 0) is 25.8 Å². The summed E-state index contributed by atoms with van der Waals surface area (Å²) in [5, 5.41) is 0.113. The summed E-state index contributed by atoms with van der Waals surface area (Å²) in [5.41, 5.74) is 1.82. The van der Waals surface area contributed by atoms with Gasteiger partial charge in [-0.2, -0.15) is 0 Å². The molecule has 0 bridgehead atoms. The van der Waals surface area contributed by atoms with Crippen molar-refractivity contribution in [2.75, 3.05) is 0 Å². The molecule has 1 aromatic carbocycles. The van der Waals surface area contributed by atoms with E-state index >= 15 is 0 Å². The molecule has 5 heteroatoms. The zero-order chi connectivity index (χ0) is 14.0. The lowest BCUT2D eigenvalue weighted by molar-refractivity contribution is 0.623. The number of hydrogen-bond acceptors (Lipinski definition) is 2. The summed E-state index contributed by atoms with van der Waals surface area (Å²) >= 11 is 5.76. The molecule has 0 aliphatic rings. The average molecular weight is 279 g/mol. The van der Waals surface area contributed by atoms with Crippen LogP contribution >= 0.6 is 11.6 Å². The molecule has 0 radical (unpaired) electrons. The molecule has 2 aromatic rings. The number of nitrogens with zero attached hydrogens (tertiary/aromatic N) is 1. The predicted octanol–water partition coefficient (Wildman–Crippen LogP) is 2.05. The summed E-state index contributed by atoms with van der Waals surface area (Å²) in [5.74, 6) is 0. The number of aromatic amines is 1. The van der Waals surface area contributed by atoms with Crippen LogP contribution < -0.4 is 11.2 Å². The average Bonchev–Trinajstić information content (AvgIpc) is 2.36. The van der Waals surface area contributed by atoms with Crippen molar-refractivity contribution in [1.82, 2.24) is 9.55 Å². The van der Waals surface area contributed by atoms with Gasteiger partial charge in [-0.15, -0.1) is 0 Å². The van der Waals surface area contributed by atoms with Gasteiger partial charge in [0.25, 0.3) is 5.56 Å². The van der Waals surface area contributed by atoms with Crippen LogP contribution in [-0.4, -0.2) is 9.55 Å². The maximum atomic E-state index is 12.0. The highest BCUT2D eigenvalue weighted by Gasteiger charge is 2.08. The molecule has 0 amide bonds. The van der Waals surface area contributed by atoms with Crippen LogP contribution in [0.2, 0.25) is 5.15 Å². The third-order valence-electron chi connectivity index (χ3n) is 3.06. The highest BCUT2D eigenvalue weighted by molar-refractivity contribution is 6.30. The van der Waals surface area contributed by atoms with E-state index in [-0.39, 0.29) is 10.7 Å². The Morgan fingerprint density at radius 3 is 2.68 bits per heavy atom. The summed E-state index contributed by atoms with van der Waals surface area (Å²) < 4.78 is 1.18. The molecular formula is C14H15ClN2O2. The van der Waals surface area contributed by atoms with Crippen molar-refractivity contribution in [3.8, 4) is 0 Å². The second kappa shape index (κ2) is 5.45. The van der Waals surface area contributed by atoms with E-state index in [0.29, 0.717) is 18.5 Å². The van der Waals surface area contributed by atoms with Crippen molar-refractivity contribution < 1.29 is 0 Å². The minimum Gasteiger partial charge on any atom is -0.297 e. The van der Waals surface area contributed by atoms with Gasteiger partial charge in [-0.3, -0.25) is 14.3 Å². The fraction of sp³-hybridized carbons (Fsp3) is 0.286. The van der Waals surface area contributed by atoms with E-state index in [9.17, 15) is 9.59 Å². The Morgan fingerprint density at radius 2 is 2.00 bits per heavy atom. The van der Waals surface area contributed by atoms with E-state index < -0.39 is 5.69 Å². The Bertz CT molecular complexity index is 716. The zero-order valence-electron chi connectivity index (χ0n) is 10.9. The number of halogens is 1. The Balaban J connectivity index is 2.28. The second-order valence-corrected chi connectivity index (χ2v) is 4.94. The van der Waals surface area contributed by atoms with Gasteiger partial charge in [0.1, 0.15) is 5.15 Å². The lowest BCUT2D eigenvalue weighted by Crippen LogP contribution is -2.37. The number of H-pyrrole nitrogens is 1. The van der Waals surface area contributed by atoms with E-state index in [1.54, 1.807) is 6.92 Å². The lowest BCUT2D eigenvalue weighted by Gasteiger charge is -2.07. The molecule has 1 N–H and O–H groups in total. The molecule has 0 atom stereocenters. The topological polar surface area (TPSA) is 54.9 Å². The van der Waals surface area contributed by atoms with Gasteiger partial charge in [-0.1, -0.05) is 41.4 Å². The van der Waals surface area contributed by atoms with Gasteiger partial charge in [0.15, 0.2) is 0 Å². The fourth-order valence-electron chi connectivity index (χ4n) is 1.96. The molecule has 19 heavy (non-hydrogen) atoms. The fourth-order valence-corrected chi connectivity index (χ4v) is 2.12. The number of aryl methyl sites for hydroxylation is 2. The molecule has 1 heterocycles. The first kappa shape index (κ1) is 13.6. The van der Waals surface area contributed by atoms with Gasteiger partial charge in [0, 0.05) is 12.1 Å². The minimum atomic E-state index is -0.465. The van der Waals surface area contributed by atoms with Gasteiger partial charge in [0.2, 0.25) is 0 Å². The highest BCUT2D eigenvalue weighted by Crippen LogP contribution is 2.06. The van der Waals surface area contributed by atoms with Gasteiger partial charge in [0.05, 0.1) is 0 Å². The molecule has 0 aliphatic heterocycles. The highest BCUT2D eigenvalue weighted by atomic mass is 35.5. The maximum absolute atomic E-state index is 12.0. The third kappa shape index (κ3) is 2.96. The number of aromatic nitrogens is 2. The van der Waals surface area contributed by atoms with E-state index in [1.807, 2.05) is 31.2 Å². The van der Waals surface area contributed by atoms with Crippen molar-refractivity contribution in [3.63, 3.8) is 0 Å². The van der Waals surface area contributed by atoms with Gasteiger partial charge < -0.3 is 0 Å². The van der Waals surface area contributed by atoms with Crippen molar-refractivity contribution in [3.05, 3.63) is 66.9 Å². The molecular weight excluding hydrogens is 264 g/mol. The van der Waals surface area contributed by atoms with Crippen molar-refractivity contribution in [1.29, 1.82) is 0 Å².